The molecule has 0 saturated heterocycles. The molecule has 19 heavy (non-hydrogen) atoms. The van der Waals surface area contributed by atoms with Crippen molar-refractivity contribution < 1.29 is 9.84 Å². The standard InChI is InChI=1S/C14H24N2O2S/c1-10(2)9-16(7-8-18-3)14-15-11-5-4-6-12(17)13(11)19-14/h10,12,17H,4-9H2,1-3H3. The van der Waals surface area contributed by atoms with Gasteiger partial charge in [-0.05, 0) is 25.2 Å². The quantitative estimate of drug-likeness (QED) is 0.872. The number of aliphatic hydroxyl groups excluding tert-OH is 1. The number of ether oxygens (including phenoxy) is 1. The normalized spacial score (nSPS) is 18.7. The lowest BCUT2D eigenvalue weighted by atomic mass is 10.0. The topological polar surface area (TPSA) is 45.6 Å². The van der Waals surface area contributed by atoms with E-state index in [9.17, 15) is 5.11 Å². The molecule has 1 aromatic rings. The van der Waals surface area contributed by atoms with E-state index >= 15 is 0 Å². The van der Waals surface area contributed by atoms with Gasteiger partial charge in [-0.25, -0.2) is 4.98 Å². The average molecular weight is 284 g/mol. The molecule has 5 heteroatoms. The van der Waals surface area contributed by atoms with Crippen LogP contribution in [0.15, 0.2) is 0 Å². The van der Waals surface area contributed by atoms with Gasteiger partial charge >= 0.3 is 0 Å². The van der Waals surface area contributed by atoms with Crippen molar-refractivity contribution in [3.63, 3.8) is 0 Å². The van der Waals surface area contributed by atoms with E-state index in [1.807, 2.05) is 0 Å². The van der Waals surface area contributed by atoms with Crippen LogP contribution >= 0.6 is 11.3 Å². The van der Waals surface area contributed by atoms with Crippen molar-refractivity contribution in [2.45, 2.75) is 39.2 Å². The van der Waals surface area contributed by atoms with Crippen LogP contribution in [0.1, 0.15) is 43.4 Å². The third-order valence-corrected chi connectivity index (χ3v) is 4.59. The summed E-state index contributed by atoms with van der Waals surface area (Å²) < 4.78 is 5.18. The van der Waals surface area contributed by atoms with Crippen molar-refractivity contribution >= 4 is 16.5 Å². The van der Waals surface area contributed by atoms with Gasteiger partial charge in [0.2, 0.25) is 0 Å². The van der Waals surface area contributed by atoms with Gasteiger partial charge < -0.3 is 14.7 Å². The van der Waals surface area contributed by atoms with Crippen LogP contribution in [0, 0.1) is 5.92 Å². The Morgan fingerprint density at radius 1 is 1.53 bits per heavy atom. The largest absolute Gasteiger partial charge is 0.388 e. The van der Waals surface area contributed by atoms with Gasteiger partial charge in [0.1, 0.15) is 0 Å². The summed E-state index contributed by atoms with van der Waals surface area (Å²) in [6.45, 7) is 6.97. The first-order chi connectivity index (χ1) is 9.11. The van der Waals surface area contributed by atoms with Crippen LogP contribution in [0.5, 0.6) is 0 Å². The van der Waals surface area contributed by atoms with E-state index in [4.69, 9.17) is 9.72 Å². The summed E-state index contributed by atoms with van der Waals surface area (Å²) in [6.07, 6.45) is 2.61. The molecule has 2 rings (SSSR count). The Labute approximate surface area is 119 Å². The maximum Gasteiger partial charge on any atom is 0.185 e. The SMILES string of the molecule is COCCN(CC(C)C)c1nc2c(s1)C(O)CCC2. The highest BCUT2D eigenvalue weighted by molar-refractivity contribution is 7.15. The summed E-state index contributed by atoms with van der Waals surface area (Å²) in [5, 5.41) is 11.1. The number of fused-ring (bicyclic) bond motifs is 1. The number of aryl methyl sites for hydroxylation is 1. The van der Waals surface area contributed by atoms with Crippen molar-refractivity contribution in [1.29, 1.82) is 0 Å². The van der Waals surface area contributed by atoms with Crippen molar-refractivity contribution in [2.24, 2.45) is 5.92 Å². The van der Waals surface area contributed by atoms with Gasteiger partial charge in [0.25, 0.3) is 0 Å². The van der Waals surface area contributed by atoms with Gasteiger partial charge in [0, 0.05) is 20.2 Å². The zero-order chi connectivity index (χ0) is 13.8. The molecule has 0 amide bonds. The zero-order valence-corrected chi connectivity index (χ0v) is 12.9. The highest BCUT2D eigenvalue weighted by Crippen LogP contribution is 2.37. The molecule has 0 spiro atoms. The second-order valence-electron chi connectivity index (χ2n) is 5.55. The molecule has 1 unspecified atom stereocenters. The van der Waals surface area contributed by atoms with Crippen LogP contribution in [-0.2, 0) is 11.2 Å². The fraction of sp³-hybridized carbons (Fsp3) is 0.786. The second kappa shape index (κ2) is 6.68. The average Bonchev–Trinajstić information content (AvgIpc) is 2.79. The summed E-state index contributed by atoms with van der Waals surface area (Å²) in [4.78, 5) is 8.09. The lowest BCUT2D eigenvalue weighted by Gasteiger charge is -2.23. The first kappa shape index (κ1) is 14.8. The van der Waals surface area contributed by atoms with Gasteiger partial charge in [0.15, 0.2) is 5.13 Å². The van der Waals surface area contributed by atoms with E-state index in [0.29, 0.717) is 12.5 Å². The number of aromatic nitrogens is 1. The third-order valence-electron chi connectivity index (χ3n) is 3.33. The minimum Gasteiger partial charge on any atom is -0.388 e. The van der Waals surface area contributed by atoms with E-state index in [1.54, 1.807) is 18.4 Å². The number of hydrogen-bond acceptors (Lipinski definition) is 5. The zero-order valence-electron chi connectivity index (χ0n) is 12.1. The molecule has 1 aliphatic rings. The van der Waals surface area contributed by atoms with E-state index in [0.717, 1.165) is 48.1 Å². The number of hydrogen-bond donors (Lipinski definition) is 1. The van der Waals surface area contributed by atoms with E-state index in [2.05, 4.69) is 18.7 Å². The Balaban J connectivity index is 2.16. The number of nitrogens with zero attached hydrogens (tertiary/aromatic N) is 2. The van der Waals surface area contributed by atoms with Gasteiger partial charge in [-0.15, -0.1) is 0 Å². The van der Waals surface area contributed by atoms with Crippen molar-refractivity contribution in [2.75, 3.05) is 31.7 Å². The van der Waals surface area contributed by atoms with E-state index in [-0.39, 0.29) is 6.10 Å². The Kier molecular flexibility index (Phi) is 5.19. The number of thiazole rings is 1. The van der Waals surface area contributed by atoms with Crippen LogP contribution in [0.4, 0.5) is 5.13 Å². The number of methoxy groups -OCH3 is 1. The number of aliphatic hydroxyl groups is 1. The van der Waals surface area contributed by atoms with Gasteiger partial charge in [-0.1, -0.05) is 25.2 Å². The number of rotatable bonds is 6. The fourth-order valence-corrected chi connectivity index (χ4v) is 3.59. The van der Waals surface area contributed by atoms with Crippen LogP contribution < -0.4 is 4.90 Å². The Morgan fingerprint density at radius 2 is 2.32 bits per heavy atom. The summed E-state index contributed by atoms with van der Waals surface area (Å²) in [7, 11) is 1.73. The monoisotopic (exact) mass is 284 g/mol. The molecular formula is C14H24N2O2S. The molecule has 108 valence electrons. The maximum absolute atomic E-state index is 10.0. The molecule has 0 bridgehead atoms. The predicted octanol–water partition coefficient (Wildman–Crippen LogP) is 2.62. The third kappa shape index (κ3) is 3.68. The van der Waals surface area contributed by atoms with Crippen molar-refractivity contribution in [3.05, 3.63) is 10.6 Å². The van der Waals surface area contributed by atoms with E-state index in [1.165, 1.54) is 0 Å². The molecule has 4 nitrogen and oxygen atoms in total. The van der Waals surface area contributed by atoms with Crippen LogP contribution in [0.25, 0.3) is 0 Å². The molecule has 0 saturated carbocycles. The molecule has 0 radical (unpaired) electrons. The Hall–Kier alpha value is -0.650. The first-order valence-electron chi connectivity index (χ1n) is 7.03. The molecule has 1 aliphatic carbocycles. The number of anilines is 1. The minimum absolute atomic E-state index is 0.307. The highest BCUT2D eigenvalue weighted by Gasteiger charge is 2.24. The Bertz CT molecular complexity index is 406. The molecule has 1 atom stereocenters. The van der Waals surface area contributed by atoms with Gasteiger partial charge in [-0.2, -0.15) is 0 Å². The van der Waals surface area contributed by atoms with Crippen LogP contribution in [0.2, 0.25) is 0 Å². The van der Waals surface area contributed by atoms with E-state index < -0.39 is 0 Å². The molecule has 0 fully saturated rings. The minimum atomic E-state index is -0.307. The smallest absolute Gasteiger partial charge is 0.185 e. The molecular weight excluding hydrogens is 260 g/mol. The summed E-state index contributed by atoms with van der Waals surface area (Å²) >= 11 is 1.65. The molecule has 0 aliphatic heterocycles. The first-order valence-corrected chi connectivity index (χ1v) is 7.85. The predicted molar refractivity (Wildman–Crippen MR) is 78.9 cm³/mol. The highest BCUT2D eigenvalue weighted by atomic mass is 32.1. The molecule has 1 aromatic heterocycles. The summed E-state index contributed by atoms with van der Waals surface area (Å²) in [5.41, 5.74) is 1.10. The van der Waals surface area contributed by atoms with Gasteiger partial charge in [-0.3, -0.25) is 0 Å². The fourth-order valence-electron chi connectivity index (χ4n) is 2.43. The summed E-state index contributed by atoms with van der Waals surface area (Å²) in [5.74, 6) is 0.586. The van der Waals surface area contributed by atoms with Crippen molar-refractivity contribution in [1.82, 2.24) is 4.98 Å². The molecule has 0 aromatic carbocycles. The maximum atomic E-state index is 10.0. The summed E-state index contributed by atoms with van der Waals surface area (Å²) in [6, 6.07) is 0. The van der Waals surface area contributed by atoms with Crippen LogP contribution in [-0.4, -0.2) is 36.9 Å². The second-order valence-corrected chi connectivity index (χ2v) is 6.56. The van der Waals surface area contributed by atoms with Crippen molar-refractivity contribution in [3.8, 4) is 0 Å². The molecule has 1 heterocycles. The Morgan fingerprint density at radius 3 is 2.95 bits per heavy atom. The lowest BCUT2D eigenvalue weighted by Crippen LogP contribution is -2.30. The lowest BCUT2D eigenvalue weighted by molar-refractivity contribution is 0.160. The van der Waals surface area contributed by atoms with Gasteiger partial charge in [0.05, 0.1) is 23.3 Å². The van der Waals surface area contributed by atoms with Crippen LogP contribution in [0.3, 0.4) is 0 Å². The molecule has 1 N–H and O–H groups in total.